The Labute approximate surface area is 229 Å². The number of fused-ring (bicyclic) bond motifs is 3. The fourth-order valence-electron chi connectivity index (χ4n) is 12.0. The van der Waals surface area contributed by atoms with E-state index in [1.807, 2.05) is 0 Å². The van der Waals surface area contributed by atoms with Crippen LogP contribution in [-0.2, 0) is 9.53 Å². The zero-order valence-corrected chi connectivity index (χ0v) is 25.1. The van der Waals surface area contributed by atoms with Gasteiger partial charge >= 0.3 is 5.97 Å². The number of esters is 1. The predicted octanol–water partition coefficient (Wildman–Crippen LogP) is 4.85. The van der Waals surface area contributed by atoms with Gasteiger partial charge in [0, 0.05) is 12.3 Å². The first kappa shape index (κ1) is 28.8. The quantitative estimate of drug-likeness (QED) is 0.363. The molecular weight excluding hydrogens is 480 g/mol. The molecule has 4 N–H and O–H groups in total. The summed E-state index contributed by atoms with van der Waals surface area (Å²) in [5.41, 5.74) is -1.23. The lowest BCUT2D eigenvalue weighted by atomic mass is 9.37. The molecule has 0 heterocycles. The average molecular weight is 535 g/mol. The zero-order valence-electron chi connectivity index (χ0n) is 25.1. The Balaban J connectivity index is 1.47. The zero-order chi connectivity index (χ0) is 28.3. The van der Waals surface area contributed by atoms with Crippen LogP contribution in [0, 0.1) is 50.7 Å². The van der Waals surface area contributed by atoms with Gasteiger partial charge in [-0.3, -0.25) is 4.79 Å². The molecule has 12 atom stereocenters. The molecule has 6 heteroatoms. The molecule has 0 aromatic rings. The lowest BCUT2D eigenvalue weighted by molar-refractivity contribution is -0.249. The molecule has 0 amide bonds. The molecule has 38 heavy (non-hydrogen) atoms. The number of aliphatic hydroxyl groups is 4. The third kappa shape index (κ3) is 3.61. The number of carbonyl (C=O) groups is 1. The van der Waals surface area contributed by atoms with Gasteiger partial charge in [-0.1, -0.05) is 34.6 Å². The number of carbonyl (C=O) groups excluding carboxylic acids is 1. The molecule has 0 aromatic carbocycles. The molecule has 0 radical (unpaired) electrons. The van der Waals surface area contributed by atoms with E-state index in [2.05, 4.69) is 34.6 Å². The van der Waals surface area contributed by atoms with E-state index in [1.165, 1.54) is 6.42 Å². The first-order chi connectivity index (χ1) is 17.4. The Kier molecular flexibility index (Phi) is 6.57. The SMILES string of the molecule is CC(=O)OC1CC2C(C)(C)C(O)CCC2(C)C2CCC34CC3(CCC4C(C)CC(O)C(O)C(C)(C)O)C12C. The third-order valence-electron chi connectivity index (χ3n) is 13.8. The molecule has 0 bridgehead atoms. The molecule has 5 saturated carbocycles. The Bertz CT molecular complexity index is 956. The van der Waals surface area contributed by atoms with Gasteiger partial charge < -0.3 is 25.2 Å². The maximum absolute atomic E-state index is 12.5. The molecule has 5 rings (SSSR count). The van der Waals surface area contributed by atoms with E-state index < -0.39 is 17.8 Å². The summed E-state index contributed by atoms with van der Waals surface area (Å²) in [6.07, 6.45) is 6.25. The number of aliphatic hydroxyl groups excluding tert-OH is 3. The van der Waals surface area contributed by atoms with E-state index in [9.17, 15) is 25.2 Å². The van der Waals surface area contributed by atoms with Gasteiger partial charge in [-0.2, -0.15) is 0 Å². The highest BCUT2D eigenvalue weighted by molar-refractivity contribution is 5.66. The van der Waals surface area contributed by atoms with E-state index in [4.69, 9.17) is 4.74 Å². The van der Waals surface area contributed by atoms with E-state index in [-0.39, 0.29) is 51.2 Å². The molecule has 5 fully saturated rings. The summed E-state index contributed by atoms with van der Waals surface area (Å²) in [5, 5.41) is 42.6. The van der Waals surface area contributed by atoms with Crippen LogP contribution in [0.15, 0.2) is 0 Å². The summed E-state index contributed by atoms with van der Waals surface area (Å²) in [5.74, 6) is 1.23. The summed E-state index contributed by atoms with van der Waals surface area (Å²) in [4.78, 5) is 12.5. The van der Waals surface area contributed by atoms with Gasteiger partial charge in [0.1, 0.15) is 12.2 Å². The van der Waals surface area contributed by atoms with Crippen molar-refractivity contribution in [2.75, 3.05) is 0 Å². The van der Waals surface area contributed by atoms with E-state index in [0.29, 0.717) is 24.2 Å². The lowest BCUT2D eigenvalue weighted by Gasteiger charge is -2.68. The van der Waals surface area contributed by atoms with E-state index in [0.717, 1.165) is 44.9 Å². The van der Waals surface area contributed by atoms with Crippen LogP contribution < -0.4 is 0 Å². The smallest absolute Gasteiger partial charge is 0.302 e. The molecule has 6 nitrogen and oxygen atoms in total. The van der Waals surface area contributed by atoms with Crippen molar-refractivity contribution in [3.05, 3.63) is 0 Å². The van der Waals surface area contributed by atoms with Crippen molar-refractivity contribution < 1.29 is 30.0 Å². The Morgan fingerprint density at radius 1 is 1.03 bits per heavy atom. The van der Waals surface area contributed by atoms with Gasteiger partial charge in [-0.25, -0.2) is 0 Å². The van der Waals surface area contributed by atoms with Crippen LogP contribution in [0.4, 0.5) is 0 Å². The van der Waals surface area contributed by atoms with Crippen molar-refractivity contribution in [2.24, 2.45) is 50.7 Å². The van der Waals surface area contributed by atoms with Crippen molar-refractivity contribution in [3.8, 4) is 0 Å². The Hall–Kier alpha value is -0.690. The molecular formula is C32H54O6. The van der Waals surface area contributed by atoms with Crippen molar-refractivity contribution in [1.82, 2.24) is 0 Å². The highest BCUT2D eigenvalue weighted by atomic mass is 16.5. The summed E-state index contributed by atoms with van der Waals surface area (Å²) in [6, 6.07) is 0. The molecule has 5 aliphatic carbocycles. The number of hydrogen-bond donors (Lipinski definition) is 4. The highest BCUT2D eigenvalue weighted by Gasteiger charge is 2.85. The van der Waals surface area contributed by atoms with Gasteiger partial charge in [0.2, 0.25) is 0 Å². The molecule has 0 saturated heterocycles. The Morgan fingerprint density at radius 2 is 1.68 bits per heavy atom. The van der Waals surface area contributed by atoms with Gasteiger partial charge in [0.25, 0.3) is 0 Å². The minimum absolute atomic E-state index is 0.106. The molecule has 5 aliphatic rings. The number of ether oxygens (including phenoxy) is 1. The van der Waals surface area contributed by atoms with Gasteiger partial charge in [0.15, 0.2) is 0 Å². The van der Waals surface area contributed by atoms with Gasteiger partial charge in [-0.05, 0) is 117 Å². The second-order valence-electron chi connectivity index (χ2n) is 16.1. The van der Waals surface area contributed by atoms with E-state index >= 15 is 0 Å². The second kappa shape index (κ2) is 8.66. The summed E-state index contributed by atoms with van der Waals surface area (Å²) in [7, 11) is 0. The van der Waals surface area contributed by atoms with E-state index in [1.54, 1.807) is 20.8 Å². The minimum Gasteiger partial charge on any atom is -0.462 e. The van der Waals surface area contributed by atoms with Crippen LogP contribution >= 0.6 is 0 Å². The molecule has 218 valence electrons. The molecule has 0 aliphatic heterocycles. The predicted molar refractivity (Wildman–Crippen MR) is 146 cm³/mol. The molecule has 0 aromatic heterocycles. The first-order valence-corrected chi connectivity index (χ1v) is 15.3. The maximum atomic E-state index is 12.5. The topological polar surface area (TPSA) is 107 Å². The number of hydrogen-bond acceptors (Lipinski definition) is 6. The fourth-order valence-corrected chi connectivity index (χ4v) is 12.0. The average Bonchev–Trinajstić information content (AvgIpc) is 3.37. The van der Waals surface area contributed by atoms with Crippen LogP contribution in [0.2, 0.25) is 0 Å². The monoisotopic (exact) mass is 534 g/mol. The van der Waals surface area contributed by atoms with Crippen molar-refractivity contribution >= 4 is 5.97 Å². The largest absolute Gasteiger partial charge is 0.462 e. The minimum atomic E-state index is -1.34. The van der Waals surface area contributed by atoms with Gasteiger partial charge in [-0.15, -0.1) is 0 Å². The maximum Gasteiger partial charge on any atom is 0.302 e. The van der Waals surface area contributed by atoms with Crippen LogP contribution in [0.5, 0.6) is 0 Å². The van der Waals surface area contributed by atoms with Crippen LogP contribution in [0.3, 0.4) is 0 Å². The lowest BCUT2D eigenvalue weighted by Crippen LogP contribution is -2.66. The summed E-state index contributed by atoms with van der Waals surface area (Å²) >= 11 is 0. The molecule has 0 spiro atoms. The van der Waals surface area contributed by atoms with Crippen LogP contribution in [-0.4, -0.2) is 56.4 Å². The summed E-state index contributed by atoms with van der Waals surface area (Å²) < 4.78 is 6.29. The fraction of sp³-hybridized carbons (Fsp3) is 0.969. The second-order valence-corrected chi connectivity index (χ2v) is 16.1. The number of rotatable bonds is 6. The summed E-state index contributed by atoms with van der Waals surface area (Å²) in [6.45, 7) is 16.2. The standard InChI is InChI=1S/C32H54O6/c1-18(15-21(34)26(36)28(5,6)37)20-9-14-32-17-31(20,32)13-10-22-29(7)12-11-24(35)27(3,4)23(29)16-25(30(22,32)8)38-19(2)33/h18,20-26,34-37H,9-17H2,1-8H3. The van der Waals surface area contributed by atoms with Crippen molar-refractivity contribution in [3.63, 3.8) is 0 Å². The normalized spacial score (nSPS) is 49.5. The van der Waals surface area contributed by atoms with Gasteiger partial charge in [0.05, 0.1) is 17.8 Å². The highest BCUT2D eigenvalue weighted by Crippen LogP contribution is 2.91. The van der Waals surface area contributed by atoms with Crippen LogP contribution in [0.25, 0.3) is 0 Å². The third-order valence-corrected chi connectivity index (χ3v) is 13.8. The Morgan fingerprint density at radius 3 is 2.29 bits per heavy atom. The molecule has 12 unspecified atom stereocenters. The van der Waals surface area contributed by atoms with Crippen molar-refractivity contribution in [2.45, 2.75) is 143 Å². The van der Waals surface area contributed by atoms with Crippen LogP contribution in [0.1, 0.15) is 113 Å². The van der Waals surface area contributed by atoms with Crippen molar-refractivity contribution in [1.29, 1.82) is 0 Å². The first-order valence-electron chi connectivity index (χ1n) is 15.3.